The van der Waals surface area contributed by atoms with Gasteiger partial charge in [0.25, 0.3) is 0 Å². The molecular formula is C14H14FN3O. The summed E-state index contributed by atoms with van der Waals surface area (Å²) in [5.74, 6) is 0.155. The van der Waals surface area contributed by atoms with E-state index in [1.807, 2.05) is 13.0 Å². The quantitative estimate of drug-likeness (QED) is 0.890. The van der Waals surface area contributed by atoms with Gasteiger partial charge in [-0.25, -0.2) is 14.2 Å². The monoisotopic (exact) mass is 259 g/mol. The van der Waals surface area contributed by atoms with Crippen LogP contribution < -0.4 is 10.6 Å². The van der Waals surface area contributed by atoms with E-state index < -0.39 is 0 Å². The van der Waals surface area contributed by atoms with Crippen LogP contribution in [0, 0.1) is 12.7 Å². The minimum atomic E-state index is -0.374. The summed E-state index contributed by atoms with van der Waals surface area (Å²) in [6.45, 7) is 2.18. The first kappa shape index (κ1) is 13.0. The zero-order valence-corrected chi connectivity index (χ0v) is 10.5. The third-order valence-electron chi connectivity index (χ3n) is 2.50. The third kappa shape index (κ3) is 4.06. The first-order valence-electron chi connectivity index (χ1n) is 5.85. The Morgan fingerprint density at radius 3 is 2.84 bits per heavy atom. The summed E-state index contributed by atoms with van der Waals surface area (Å²) in [5.41, 5.74) is 1.72. The van der Waals surface area contributed by atoms with Gasteiger partial charge in [-0.15, -0.1) is 0 Å². The maximum atomic E-state index is 12.9. The van der Waals surface area contributed by atoms with Crippen molar-refractivity contribution in [2.75, 3.05) is 5.32 Å². The molecule has 2 aromatic rings. The molecular weight excluding hydrogens is 245 g/mol. The van der Waals surface area contributed by atoms with Crippen LogP contribution >= 0.6 is 0 Å². The molecule has 0 saturated carbocycles. The molecule has 0 saturated heterocycles. The molecule has 1 heterocycles. The van der Waals surface area contributed by atoms with Gasteiger partial charge in [-0.1, -0.05) is 18.2 Å². The van der Waals surface area contributed by atoms with E-state index >= 15 is 0 Å². The normalized spacial score (nSPS) is 10.0. The van der Waals surface area contributed by atoms with E-state index in [1.165, 1.54) is 12.1 Å². The molecule has 0 spiro atoms. The molecule has 1 aromatic carbocycles. The summed E-state index contributed by atoms with van der Waals surface area (Å²) >= 11 is 0. The van der Waals surface area contributed by atoms with E-state index in [2.05, 4.69) is 15.6 Å². The number of anilines is 1. The molecule has 2 amide bonds. The first-order chi connectivity index (χ1) is 9.13. The lowest BCUT2D eigenvalue weighted by Gasteiger charge is -2.07. The van der Waals surface area contributed by atoms with Gasteiger partial charge in [0, 0.05) is 12.7 Å². The third-order valence-corrected chi connectivity index (χ3v) is 2.50. The van der Waals surface area contributed by atoms with Crippen molar-refractivity contribution in [3.05, 3.63) is 59.5 Å². The second-order valence-corrected chi connectivity index (χ2v) is 4.16. The first-order valence-corrected chi connectivity index (χ1v) is 5.85. The maximum absolute atomic E-state index is 12.9. The maximum Gasteiger partial charge on any atom is 0.320 e. The van der Waals surface area contributed by atoms with E-state index in [-0.39, 0.29) is 18.4 Å². The van der Waals surface area contributed by atoms with Crippen LogP contribution in [0.2, 0.25) is 0 Å². The number of aromatic nitrogens is 1. The van der Waals surface area contributed by atoms with E-state index in [4.69, 9.17) is 0 Å². The summed E-state index contributed by atoms with van der Waals surface area (Å²) in [4.78, 5) is 15.7. The molecule has 5 heteroatoms. The lowest BCUT2D eigenvalue weighted by Crippen LogP contribution is -2.28. The van der Waals surface area contributed by atoms with Crippen molar-refractivity contribution in [3.8, 4) is 0 Å². The lowest BCUT2D eigenvalue weighted by atomic mass is 10.2. The highest BCUT2D eigenvalue weighted by Crippen LogP contribution is 2.05. The van der Waals surface area contributed by atoms with Crippen molar-refractivity contribution in [2.24, 2.45) is 0 Å². The highest BCUT2D eigenvalue weighted by atomic mass is 19.1. The van der Waals surface area contributed by atoms with Crippen LogP contribution in [-0.4, -0.2) is 11.0 Å². The van der Waals surface area contributed by atoms with Gasteiger partial charge >= 0.3 is 6.03 Å². The molecule has 2 N–H and O–H groups in total. The van der Waals surface area contributed by atoms with Crippen molar-refractivity contribution >= 4 is 11.8 Å². The second kappa shape index (κ2) is 5.95. The summed E-state index contributed by atoms with van der Waals surface area (Å²) in [6.07, 6.45) is 1.67. The number of nitrogens with zero attached hydrogens (tertiary/aromatic N) is 1. The Morgan fingerprint density at radius 1 is 1.32 bits per heavy atom. The molecule has 19 heavy (non-hydrogen) atoms. The van der Waals surface area contributed by atoms with Crippen molar-refractivity contribution in [1.82, 2.24) is 10.3 Å². The molecule has 2 rings (SSSR count). The van der Waals surface area contributed by atoms with Crippen LogP contribution in [0.1, 0.15) is 11.1 Å². The number of carbonyl (C=O) groups is 1. The van der Waals surface area contributed by atoms with Crippen molar-refractivity contribution in [2.45, 2.75) is 13.5 Å². The average molecular weight is 259 g/mol. The van der Waals surface area contributed by atoms with Crippen molar-refractivity contribution in [3.63, 3.8) is 0 Å². The molecule has 0 atom stereocenters. The Balaban J connectivity index is 1.86. The van der Waals surface area contributed by atoms with Gasteiger partial charge in [0.15, 0.2) is 0 Å². The summed E-state index contributed by atoms with van der Waals surface area (Å²) in [7, 11) is 0. The number of hydrogen-bond donors (Lipinski definition) is 2. The Labute approximate surface area is 110 Å². The molecule has 98 valence electrons. The average Bonchev–Trinajstić information content (AvgIpc) is 2.39. The highest BCUT2D eigenvalue weighted by molar-refractivity contribution is 5.88. The van der Waals surface area contributed by atoms with Gasteiger partial charge in [0.2, 0.25) is 0 Å². The number of pyridine rings is 1. The predicted molar refractivity (Wildman–Crippen MR) is 71.2 cm³/mol. The smallest absolute Gasteiger partial charge is 0.320 e. The van der Waals surface area contributed by atoms with E-state index in [0.29, 0.717) is 11.4 Å². The molecule has 0 aliphatic heterocycles. The van der Waals surface area contributed by atoms with Gasteiger partial charge in [-0.05, 0) is 36.2 Å². The number of nitrogens with one attached hydrogen (secondary N) is 2. The Morgan fingerprint density at radius 2 is 2.16 bits per heavy atom. The van der Waals surface area contributed by atoms with Crippen LogP contribution in [-0.2, 0) is 6.54 Å². The Bertz CT molecular complexity index is 569. The van der Waals surface area contributed by atoms with Gasteiger partial charge in [0.05, 0.1) is 0 Å². The van der Waals surface area contributed by atoms with Gasteiger partial charge in [-0.3, -0.25) is 5.32 Å². The molecule has 0 aliphatic carbocycles. The zero-order valence-electron chi connectivity index (χ0n) is 10.5. The summed E-state index contributed by atoms with van der Waals surface area (Å²) in [5, 5.41) is 5.23. The van der Waals surface area contributed by atoms with Crippen LogP contribution in [0.15, 0.2) is 42.6 Å². The number of carbonyl (C=O) groups excluding carboxylic acids is 1. The highest BCUT2D eigenvalue weighted by Gasteiger charge is 2.02. The molecule has 0 aliphatic rings. The lowest BCUT2D eigenvalue weighted by molar-refractivity contribution is 0.251. The molecule has 0 bridgehead atoms. The number of amides is 2. The van der Waals surface area contributed by atoms with Gasteiger partial charge in [-0.2, -0.15) is 0 Å². The van der Waals surface area contributed by atoms with Crippen molar-refractivity contribution < 1.29 is 9.18 Å². The summed E-state index contributed by atoms with van der Waals surface area (Å²) in [6, 6.07) is 9.29. The predicted octanol–water partition coefficient (Wildman–Crippen LogP) is 2.85. The minimum Gasteiger partial charge on any atom is -0.334 e. The van der Waals surface area contributed by atoms with Crippen LogP contribution in [0.4, 0.5) is 15.0 Å². The number of benzene rings is 1. The minimum absolute atomic E-state index is 0.259. The zero-order chi connectivity index (χ0) is 13.7. The molecule has 1 aromatic heterocycles. The number of aryl methyl sites for hydroxylation is 1. The van der Waals surface area contributed by atoms with E-state index in [0.717, 1.165) is 5.56 Å². The Hall–Kier alpha value is -2.43. The molecule has 0 unspecified atom stereocenters. The fourth-order valence-corrected chi connectivity index (χ4v) is 1.53. The number of hydrogen-bond acceptors (Lipinski definition) is 2. The molecule has 0 fully saturated rings. The largest absolute Gasteiger partial charge is 0.334 e. The van der Waals surface area contributed by atoms with Crippen LogP contribution in [0.25, 0.3) is 0 Å². The Kier molecular flexibility index (Phi) is 4.07. The molecule has 4 nitrogen and oxygen atoms in total. The van der Waals surface area contributed by atoms with Crippen molar-refractivity contribution in [1.29, 1.82) is 0 Å². The number of halogens is 1. The SMILES string of the molecule is Cc1ccc(NC(=O)NCc2cccc(F)c2)nc1. The number of rotatable bonds is 3. The standard InChI is InChI=1S/C14H14FN3O/c1-10-5-6-13(16-8-10)18-14(19)17-9-11-3-2-4-12(15)7-11/h2-8H,9H2,1H3,(H2,16,17,18,19). The van der Waals surface area contributed by atoms with Crippen LogP contribution in [0.3, 0.4) is 0 Å². The van der Waals surface area contributed by atoms with Crippen LogP contribution in [0.5, 0.6) is 0 Å². The fourth-order valence-electron chi connectivity index (χ4n) is 1.53. The van der Waals surface area contributed by atoms with E-state index in [1.54, 1.807) is 24.4 Å². The number of urea groups is 1. The second-order valence-electron chi connectivity index (χ2n) is 4.16. The van der Waals surface area contributed by atoms with E-state index in [9.17, 15) is 9.18 Å². The van der Waals surface area contributed by atoms with Gasteiger partial charge in [0.1, 0.15) is 11.6 Å². The molecule has 0 radical (unpaired) electrons. The summed E-state index contributed by atoms with van der Waals surface area (Å²) < 4.78 is 12.9. The fraction of sp³-hybridized carbons (Fsp3) is 0.143. The van der Waals surface area contributed by atoms with Gasteiger partial charge < -0.3 is 5.32 Å². The topological polar surface area (TPSA) is 54.0 Å².